The van der Waals surface area contributed by atoms with E-state index in [1.807, 2.05) is 0 Å². The first-order chi connectivity index (χ1) is 5.63. The quantitative estimate of drug-likeness (QED) is 0.367. The van der Waals surface area contributed by atoms with Crippen LogP contribution in [0.4, 0.5) is 0 Å². The summed E-state index contributed by atoms with van der Waals surface area (Å²) in [7, 11) is 0. The van der Waals surface area contributed by atoms with Crippen molar-refractivity contribution in [3.63, 3.8) is 0 Å². The Labute approximate surface area is 70.8 Å². The van der Waals surface area contributed by atoms with Gasteiger partial charge in [0.15, 0.2) is 0 Å². The number of esters is 1. The number of carbonyl (C=O) groups is 2. The third-order valence-electron chi connectivity index (χ3n) is 1.39. The topological polar surface area (TPSA) is 63.6 Å². The molecule has 1 atom stereocenters. The molecule has 0 aromatic carbocycles. The predicted octanol–water partition coefficient (Wildman–Crippen LogP) is 0.261. The van der Waals surface area contributed by atoms with Crippen molar-refractivity contribution in [1.29, 1.82) is 0 Å². The van der Waals surface area contributed by atoms with Crippen LogP contribution in [0.1, 0.15) is 13.3 Å². The lowest BCUT2D eigenvalue weighted by molar-refractivity contribution is -0.146. The molecule has 4 heteroatoms. The molecular weight excluding hydrogens is 160 g/mol. The van der Waals surface area contributed by atoms with E-state index in [1.165, 1.54) is 6.92 Å². The van der Waals surface area contributed by atoms with Gasteiger partial charge in [0.25, 0.3) is 0 Å². The van der Waals surface area contributed by atoms with Crippen LogP contribution in [0.2, 0.25) is 0 Å². The predicted molar refractivity (Wildman–Crippen MR) is 42.2 cm³/mol. The molecule has 0 radical (unpaired) electrons. The van der Waals surface area contributed by atoms with Crippen LogP contribution in [0.5, 0.6) is 0 Å². The minimum atomic E-state index is -0.824. The summed E-state index contributed by atoms with van der Waals surface area (Å²) in [6, 6.07) is 0. The monoisotopic (exact) mass is 172 g/mol. The normalized spacial score (nSPS) is 11.8. The number of ketones is 1. The van der Waals surface area contributed by atoms with Gasteiger partial charge in [0.1, 0.15) is 11.7 Å². The van der Waals surface area contributed by atoms with E-state index in [2.05, 4.69) is 11.3 Å². The van der Waals surface area contributed by atoms with Crippen molar-refractivity contribution in [3.8, 4) is 0 Å². The summed E-state index contributed by atoms with van der Waals surface area (Å²) < 4.78 is 4.39. The lowest BCUT2D eigenvalue weighted by atomic mass is 10.1. The van der Waals surface area contributed by atoms with Crippen molar-refractivity contribution in [3.05, 3.63) is 12.8 Å². The molecule has 0 rings (SSSR count). The Balaban J connectivity index is 3.99. The van der Waals surface area contributed by atoms with Gasteiger partial charge in [-0.2, -0.15) is 0 Å². The fourth-order valence-corrected chi connectivity index (χ4v) is 0.642. The summed E-state index contributed by atoms with van der Waals surface area (Å²) in [6.07, 6.45) is 0.957. The van der Waals surface area contributed by atoms with Crippen LogP contribution in [0.15, 0.2) is 12.8 Å². The Kier molecular flexibility index (Phi) is 4.96. The van der Waals surface area contributed by atoms with Gasteiger partial charge in [-0.3, -0.25) is 9.59 Å². The van der Waals surface area contributed by atoms with Crippen LogP contribution in [0.3, 0.4) is 0 Å². The van der Waals surface area contributed by atoms with Gasteiger partial charge in [-0.05, 0) is 6.92 Å². The van der Waals surface area contributed by atoms with Crippen molar-refractivity contribution in [2.45, 2.75) is 13.3 Å². The number of hydrogen-bond donors (Lipinski definition) is 1. The Morgan fingerprint density at radius 2 is 2.25 bits per heavy atom. The first-order valence-corrected chi connectivity index (χ1v) is 3.58. The van der Waals surface area contributed by atoms with Crippen LogP contribution in [-0.2, 0) is 14.3 Å². The summed E-state index contributed by atoms with van der Waals surface area (Å²) in [4.78, 5) is 21.8. The maximum absolute atomic E-state index is 11.0. The van der Waals surface area contributed by atoms with E-state index in [0.29, 0.717) is 0 Å². The molecule has 1 N–H and O–H groups in total. The lowest BCUT2D eigenvalue weighted by Crippen LogP contribution is -2.22. The second kappa shape index (κ2) is 5.49. The molecule has 0 aliphatic carbocycles. The first-order valence-electron chi connectivity index (χ1n) is 3.58. The molecule has 12 heavy (non-hydrogen) atoms. The van der Waals surface area contributed by atoms with Crippen molar-refractivity contribution >= 4 is 11.8 Å². The van der Waals surface area contributed by atoms with Gasteiger partial charge in [-0.1, -0.05) is 6.58 Å². The van der Waals surface area contributed by atoms with Gasteiger partial charge < -0.3 is 9.84 Å². The number of aliphatic hydroxyl groups excluding tert-OH is 1. The maximum Gasteiger partial charge on any atom is 0.320 e. The number of Topliss-reactive ketones (excluding diaryl/α,β-unsaturated/α-hetero) is 1. The van der Waals surface area contributed by atoms with E-state index in [4.69, 9.17) is 5.11 Å². The number of ether oxygens (including phenoxy) is 1. The molecule has 0 bridgehead atoms. The molecule has 68 valence electrons. The molecule has 4 nitrogen and oxygen atoms in total. The molecule has 0 spiro atoms. The van der Waals surface area contributed by atoms with Crippen molar-refractivity contribution in [1.82, 2.24) is 0 Å². The highest BCUT2D eigenvalue weighted by Gasteiger charge is 2.21. The van der Waals surface area contributed by atoms with E-state index >= 15 is 0 Å². The molecule has 0 fully saturated rings. The largest absolute Gasteiger partial charge is 0.435 e. The molecule has 0 aromatic heterocycles. The molecule has 0 aliphatic rings. The second-order valence-electron chi connectivity index (χ2n) is 2.27. The summed E-state index contributed by atoms with van der Waals surface area (Å²) >= 11 is 0. The summed E-state index contributed by atoms with van der Waals surface area (Å²) in [5, 5.41) is 8.40. The molecule has 0 heterocycles. The number of rotatable bonds is 5. The molecule has 0 amide bonds. The second-order valence-corrected chi connectivity index (χ2v) is 2.27. The van der Waals surface area contributed by atoms with Crippen LogP contribution >= 0.6 is 0 Å². The fourth-order valence-electron chi connectivity index (χ4n) is 0.642. The van der Waals surface area contributed by atoms with E-state index in [1.54, 1.807) is 0 Å². The van der Waals surface area contributed by atoms with Crippen LogP contribution in [-0.4, -0.2) is 23.5 Å². The highest BCUT2D eigenvalue weighted by Crippen LogP contribution is 2.03. The highest BCUT2D eigenvalue weighted by molar-refractivity contribution is 5.98. The number of hydrogen-bond acceptors (Lipinski definition) is 4. The number of aliphatic hydroxyl groups is 1. The Hall–Kier alpha value is -1.16. The van der Waals surface area contributed by atoms with E-state index in [-0.39, 0.29) is 18.8 Å². The Bertz CT molecular complexity index is 185. The Morgan fingerprint density at radius 1 is 1.67 bits per heavy atom. The van der Waals surface area contributed by atoms with Crippen molar-refractivity contribution in [2.24, 2.45) is 5.92 Å². The van der Waals surface area contributed by atoms with Gasteiger partial charge in [-0.15, -0.1) is 0 Å². The van der Waals surface area contributed by atoms with Gasteiger partial charge in [0, 0.05) is 13.0 Å². The van der Waals surface area contributed by atoms with E-state index < -0.39 is 11.9 Å². The van der Waals surface area contributed by atoms with Gasteiger partial charge in [0.05, 0.1) is 6.26 Å². The highest BCUT2D eigenvalue weighted by atomic mass is 16.5. The van der Waals surface area contributed by atoms with E-state index in [0.717, 1.165) is 6.26 Å². The SMILES string of the molecule is C=COC(=O)C(C)C(=O)CCO. The fraction of sp³-hybridized carbons (Fsp3) is 0.500. The third kappa shape index (κ3) is 3.30. The molecule has 0 saturated heterocycles. The molecule has 0 aliphatic heterocycles. The standard InChI is InChI=1S/C8H12O4/c1-3-12-8(11)6(2)7(10)4-5-9/h3,6,9H,1,4-5H2,2H3. The lowest BCUT2D eigenvalue weighted by Gasteiger charge is -2.05. The van der Waals surface area contributed by atoms with Gasteiger partial charge >= 0.3 is 5.97 Å². The van der Waals surface area contributed by atoms with Crippen LogP contribution < -0.4 is 0 Å². The van der Waals surface area contributed by atoms with Crippen LogP contribution in [0, 0.1) is 5.92 Å². The van der Waals surface area contributed by atoms with Crippen molar-refractivity contribution < 1.29 is 19.4 Å². The number of carbonyl (C=O) groups excluding carboxylic acids is 2. The van der Waals surface area contributed by atoms with Gasteiger partial charge in [-0.25, -0.2) is 0 Å². The minimum absolute atomic E-state index is 0.0204. The zero-order valence-electron chi connectivity index (χ0n) is 6.95. The average Bonchev–Trinajstić information content (AvgIpc) is 2.04. The summed E-state index contributed by atoms with van der Waals surface area (Å²) in [5.74, 6) is -1.79. The van der Waals surface area contributed by atoms with E-state index in [9.17, 15) is 9.59 Å². The zero-order valence-corrected chi connectivity index (χ0v) is 6.95. The molecule has 1 unspecified atom stereocenters. The third-order valence-corrected chi connectivity index (χ3v) is 1.39. The smallest absolute Gasteiger partial charge is 0.320 e. The first kappa shape index (κ1) is 10.8. The summed E-state index contributed by atoms with van der Waals surface area (Å²) in [5.41, 5.74) is 0. The minimum Gasteiger partial charge on any atom is -0.435 e. The zero-order chi connectivity index (χ0) is 9.56. The van der Waals surface area contributed by atoms with Crippen molar-refractivity contribution in [2.75, 3.05) is 6.61 Å². The molecule has 0 saturated carbocycles. The van der Waals surface area contributed by atoms with Gasteiger partial charge in [0.2, 0.25) is 0 Å². The molecule has 0 aromatic rings. The average molecular weight is 172 g/mol. The Morgan fingerprint density at radius 3 is 2.67 bits per heavy atom. The van der Waals surface area contributed by atoms with Crippen LogP contribution in [0.25, 0.3) is 0 Å². The summed E-state index contributed by atoms with van der Waals surface area (Å²) in [6.45, 7) is 4.37. The molecular formula is C8H12O4. The maximum atomic E-state index is 11.0.